The highest BCUT2D eigenvalue weighted by Crippen LogP contribution is 2.34. The van der Waals surface area contributed by atoms with Crippen molar-refractivity contribution < 1.29 is 9.72 Å². The van der Waals surface area contributed by atoms with E-state index in [4.69, 9.17) is 4.98 Å². The highest BCUT2D eigenvalue weighted by molar-refractivity contribution is 7.22. The molecule has 0 saturated carbocycles. The summed E-state index contributed by atoms with van der Waals surface area (Å²) in [5, 5.41) is 11.5. The first-order chi connectivity index (χ1) is 14.9. The minimum Gasteiger partial charge on any atom is -0.279 e. The second-order valence-electron chi connectivity index (χ2n) is 7.40. The van der Waals surface area contributed by atoms with Gasteiger partial charge in [-0.1, -0.05) is 43.4 Å². The molecule has 156 valence electrons. The number of nitrogens with zero attached hydrogens (tertiary/aromatic N) is 4. The Morgan fingerprint density at radius 2 is 1.90 bits per heavy atom. The number of non-ortho nitro benzene ring substituents is 1. The number of pyridine rings is 1. The molecule has 0 saturated heterocycles. The van der Waals surface area contributed by atoms with E-state index >= 15 is 0 Å². The summed E-state index contributed by atoms with van der Waals surface area (Å²) in [4.78, 5) is 34.5. The van der Waals surface area contributed by atoms with Crippen molar-refractivity contribution in [3.63, 3.8) is 0 Å². The van der Waals surface area contributed by atoms with E-state index in [1.165, 1.54) is 35.6 Å². The number of nitro benzene ring substituents is 1. The third-order valence-electron chi connectivity index (χ3n) is 4.93. The fourth-order valence-electron chi connectivity index (χ4n) is 3.32. The van der Waals surface area contributed by atoms with Gasteiger partial charge in [-0.3, -0.25) is 24.8 Å². The molecule has 4 aromatic rings. The monoisotopic (exact) mass is 432 g/mol. The molecule has 0 spiro atoms. The largest absolute Gasteiger partial charge is 0.279 e. The molecule has 0 aliphatic heterocycles. The van der Waals surface area contributed by atoms with Gasteiger partial charge in [0.05, 0.1) is 21.7 Å². The predicted octanol–water partition coefficient (Wildman–Crippen LogP) is 5.57. The van der Waals surface area contributed by atoms with Gasteiger partial charge in [-0.15, -0.1) is 0 Å². The third-order valence-corrected chi connectivity index (χ3v) is 5.97. The maximum atomic E-state index is 13.4. The number of hydrogen-bond acceptors (Lipinski definition) is 6. The van der Waals surface area contributed by atoms with Gasteiger partial charge >= 0.3 is 0 Å². The van der Waals surface area contributed by atoms with Gasteiger partial charge in [-0.2, -0.15) is 0 Å². The fraction of sp³-hybridized carbons (Fsp3) is 0.174. The molecular formula is C23H20N4O3S. The molecule has 4 rings (SSSR count). The van der Waals surface area contributed by atoms with Crippen LogP contribution in [0.4, 0.5) is 10.8 Å². The number of benzene rings is 2. The quantitative estimate of drug-likeness (QED) is 0.293. The van der Waals surface area contributed by atoms with Gasteiger partial charge < -0.3 is 0 Å². The lowest BCUT2D eigenvalue weighted by atomic mass is 10.0. The van der Waals surface area contributed by atoms with Crippen molar-refractivity contribution in [3.8, 4) is 0 Å². The van der Waals surface area contributed by atoms with Crippen LogP contribution < -0.4 is 4.90 Å². The third kappa shape index (κ3) is 4.29. The van der Waals surface area contributed by atoms with E-state index < -0.39 is 4.92 Å². The number of nitro groups is 1. The zero-order valence-corrected chi connectivity index (χ0v) is 17.9. The van der Waals surface area contributed by atoms with Crippen LogP contribution in [0, 0.1) is 10.1 Å². The smallest absolute Gasteiger partial charge is 0.269 e. The van der Waals surface area contributed by atoms with Crippen molar-refractivity contribution >= 4 is 38.3 Å². The topological polar surface area (TPSA) is 89.2 Å². The zero-order chi connectivity index (χ0) is 22.0. The molecule has 2 aromatic heterocycles. The highest BCUT2D eigenvalue weighted by atomic mass is 32.1. The van der Waals surface area contributed by atoms with E-state index in [1.54, 1.807) is 17.3 Å². The van der Waals surface area contributed by atoms with E-state index in [-0.39, 0.29) is 11.6 Å². The van der Waals surface area contributed by atoms with Crippen LogP contribution in [-0.2, 0) is 6.54 Å². The van der Waals surface area contributed by atoms with Crippen LogP contribution in [0.25, 0.3) is 10.2 Å². The maximum Gasteiger partial charge on any atom is 0.269 e. The number of thiazole rings is 1. The minimum atomic E-state index is -0.483. The second-order valence-corrected chi connectivity index (χ2v) is 8.41. The standard InChI is InChI=1S/C23H20N4O3S/c1-15(2)19-6-3-7-20-21(19)25-23(31-20)26(14-16-5-4-12-24-13-16)22(28)17-8-10-18(11-9-17)27(29)30/h3-13,15H,14H2,1-2H3. The first kappa shape index (κ1) is 20.6. The van der Waals surface area contributed by atoms with Gasteiger partial charge in [0.2, 0.25) is 0 Å². The summed E-state index contributed by atoms with van der Waals surface area (Å²) in [6, 6.07) is 15.4. The normalized spacial score (nSPS) is 11.1. The molecular weight excluding hydrogens is 412 g/mol. The van der Waals surface area contributed by atoms with Crippen LogP contribution >= 0.6 is 11.3 Å². The number of para-hydroxylation sites is 1. The van der Waals surface area contributed by atoms with Crippen LogP contribution in [0.2, 0.25) is 0 Å². The summed E-state index contributed by atoms with van der Waals surface area (Å²) in [6.45, 7) is 4.52. The summed E-state index contributed by atoms with van der Waals surface area (Å²) in [6.07, 6.45) is 3.39. The Morgan fingerprint density at radius 3 is 2.55 bits per heavy atom. The molecule has 7 nitrogen and oxygen atoms in total. The lowest BCUT2D eigenvalue weighted by molar-refractivity contribution is -0.384. The molecule has 0 fully saturated rings. The first-order valence-corrected chi connectivity index (χ1v) is 10.6. The number of fused-ring (bicyclic) bond motifs is 1. The predicted molar refractivity (Wildman–Crippen MR) is 122 cm³/mol. The van der Waals surface area contributed by atoms with Gasteiger partial charge in [0.25, 0.3) is 11.6 Å². The molecule has 0 radical (unpaired) electrons. The number of hydrogen-bond donors (Lipinski definition) is 0. The summed E-state index contributed by atoms with van der Waals surface area (Å²) < 4.78 is 1.01. The summed E-state index contributed by atoms with van der Waals surface area (Å²) in [5.41, 5.74) is 3.19. The Morgan fingerprint density at radius 1 is 1.13 bits per heavy atom. The van der Waals surface area contributed by atoms with E-state index in [2.05, 4.69) is 24.9 Å². The Bertz CT molecular complexity index is 1240. The molecule has 0 aliphatic rings. The molecule has 2 aromatic carbocycles. The number of rotatable bonds is 6. The lowest BCUT2D eigenvalue weighted by Gasteiger charge is -2.20. The summed E-state index contributed by atoms with van der Waals surface area (Å²) >= 11 is 1.45. The Labute approximate surface area is 183 Å². The minimum absolute atomic E-state index is 0.0584. The second kappa shape index (κ2) is 8.61. The Kier molecular flexibility index (Phi) is 5.73. The molecule has 8 heteroatoms. The van der Waals surface area contributed by atoms with Gasteiger partial charge in [-0.05, 0) is 41.3 Å². The lowest BCUT2D eigenvalue weighted by Crippen LogP contribution is -2.30. The van der Waals surface area contributed by atoms with Crippen molar-refractivity contribution in [2.75, 3.05) is 4.90 Å². The van der Waals surface area contributed by atoms with Crippen molar-refractivity contribution in [3.05, 3.63) is 93.8 Å². The number of carbonyl (C=O) groups is 1. The molecule has 0 N–H and O–H groups in total. The molecule has 0 aliphatic carbocycles. The molecule has 0 bridgehead atoms. The number of amides is 1. The van der Waals surface area contributed by atoms with E-state index in [0.29, 0.717) is 23.2 Å². The van der Waals surface area contributed by atoms with E-state index in [9.17, 15) is 14.9 Å². The van der Waals surface area contributed by atoms with Crippen LogP contribution in [0.5, 0.6) is 0 Å². The average molecular weight is 433 g/mol. The van der Waals surface area contributed by atoms with Crippen LogP contribution in [0.3, 0.4) is 0 Å². The maximum absolute atomic E-state index is 13.4. The Balaban J connectivity index is 1.77. The van der Waals surface area contributed by atoms with Gasteiger partial charge in [0.15, 0.2) is 5.13 Å². The van der Waals surface area contributed by atoms with Crippen molar-refractivity contribution in [2.45, 2.75) is 26.3 Å². The molecule has 0 atom stereocenters. The van der Waals surface area contributed by atoms with Gasteiger partial charge in [-0.25, -0.2) is 4.98 Å². The zero-order valence-electron chi connectivity index (χ0n) is 17.1. The molecule has 2 heterocycles. The van der Waals surface area contributed by atoms with Crippen molar-refractivity contribution in [1.82, 2.24) is 9.97 Å². The van der Waals surface area contributed by atoms with Crippen LogP contribution in [-0.4, -0.2) is 20.8 Å². The van der Waals surface area contributed by atoms with E-state index in [1.807, 2.05) is 24.3 Å². The van der Waals surface area contributed by atoms with Crippen LogP contribution in [0.1, 0.15) is 41.3 Å². The SMILES string of the molecule is CC(C)c1cccc2sc(N(Cc3cccnc3)C(=O)c3ccc([N+](=O)[O-])cc3)nc12. The summed E-state index contributed by atoms with van der Waals surface area (Å²) in [5.74, 6) is 0.0275. The van der Waals surface area contributed by atoms with Crippen LogP contribution in [0.15, 0.2) is 67.0 Å². The van der Waals surface area contributed by atoms with Crippen molar-refractivity contribution in [2.24, 2.45) is 0 Å². The Hall–Kier alpha value is -3.65. The number of aromatic nitrogens is 2. The van der Waals surface area contributed by atoms with Gasteiger partial charge in [0, 0.05) is 30.1 Å². The average Bonchev–Trinajstić information content (AvgIpc) is 3.21. The molecule has 0 unspecified atom stereocenters. The number of carbonyl (C=O) groups excluding carboxylic acids is 1. The highest BCUT2D eigenvalue weighted by Gasteiger charge is 2.23. The number of anilines is 1. The molecule has 1 amide bonds. The van der Waals surface area contributed by atoms with Crippen molar-refractivity contribution in [1.29, 1.82) is 0 Å². The summed E-state index contributed by atoms with van der Waals surface area (Å²) in [7, 11) is 0. The first-order valence-electron chi connectivity index (χ1n) is 9.78. The molecule has 31 heavy (non-hydrogen) atoms. The van der Waals surface area contributed by atoms with Gasteiger partial charge in [0.1, 0.15) is 0 Å². The van der Waals surface area contributed by atoms with E-state index in [0.717, 1.165) is 21.3 Å². The fourth-order valence-corrected chi connectivity index (χ4v) is 4.32.